The zero-order chi connectivity index (χ0) is 20.1. The molecule has 28 heavy (non-hydrogen) atoms. The van der Waals surface area contributed by atoms with Crippen LogP contribution in [0.5, 0.6) is 0 Å². The van der Waals surface area contributed by atoms with E-state index < -0.39 is 0 Å². The number of amides is 1. The van der Waals surface area contributed by atoms with E-state index in [-0.39, 0.29) is 11.9 Å². The van der Waals surface area contributed by atoms with Crippen molar-refractivity contribution >= 4 is 29.0 Å². The average Bonchev–Trinajstić information content (AvgIpc) is 3.31. The maximum atomic E-state index is 12.8. The second-order valence-electron chi connectivity index (χ2n) is 6.69. The number of hydrogen-bond acceptors (Lipinski definition) is 7. The molecule has 1 N–H and O–H groups in total. The summed E-state index contributed by atoms with van der Waals surface area (Å²) in [5.74, 6) is 1.35. The average molecular weight is 417 g/mol. The SMILES string of the molecule is Cc1noc(C)c1CSc1ncccc1C(=O)NCC(c1ccsc1)N(C)C. The topological polar surface area (TPSA) is 71.3 Å². The third-order valence-corrected chi connectivity index (χ3v) is 6.29. The van der Waals surface area contributed by atoms with E-state index in [2.05, 4.69) is 37.2 Å². The van der Waals surface area contributed by atoms with Crippen molar-refractivity contribution in [3.63, 3.8) is 0 Å². The first-order valence-electron chi connectivity index (χ1n) is 8.93. The van der Waals surface area contributed by atoms with Gasteiger partial charge in [0, 0.05) is 24.1 Å². The van der Waals surface area contributed by atoms with Crippen LogP contribution in [0.1, 0.15) is 39.0 Å². The number of hydrogen-bond donors (Lipinski definition) is 1. The van der Waals surface area contributed by atoms with E-state index in [0.717, 1.165) is 17.0 Å². The first-order valence-corrected chi connectivity index (χ1v) is 10.9. The standard InChI is InChI=1S/C20H24N4O2S2/c1-13-17(14(2)26-23-13)12-28-20-16(6-5-8-21-20)19(25)22-10-18(24(3)4)15-7-9-27-11-15/h5-9,11,18H,10,12H2,1-4H3,(H,22,25). The Morgan fingerprint density at radius 1 is 1.36 bits per heavy atom. The number of nitrogens with zero attached hydrogens (tertiary/aromatic N) is 3. The normalized spacial score (nSPS) is 12.3. The zero-order valence-corrected chi connectivity index (χ0v) is 18.1. The van der Waals surface area contributed by atoms with Gasteiger partial charge in [-0.1, -0.05) is 5.16 Å². The number of likely N-dealkylation sites (N-methyl/N-ethyl adjacent to an activating group) is 1. The van der Waals surface area contributed by atoms with Crippen molar-refractivity contribution in [1.29, 1.82) is 0 Å². The van der Waals surface area contributed by atoms with Gasteiger partial charge in [0.2, 0.25) is 0 Å². The van der Waals surface area contributed by atoms with Gasteiger partial charge >= 0.3 is 0 Å². The highest BCUT2D eigenvalue weighted by Crippen LogP contribution is 2.27. The lowest BCUT2D eigenvalue weighted by Gasteiger charge is -2.24. The zero-order valence-electron chi connectivity index (χ0n) is 16.4. The Morgan fingerprint density at radius 2 is 2.18 bits per heavy atom. The lowest BCUT2D eigenvalue weighted by Crippen LogP contribution is -2.34. The van der Waals surface area contributed by atoms with E-state index in [1.54, 1.807) is 23.6 Å². The molecular formula is C20H24N4O2S2. The number of thiophene rings is 1. The lowest BCUT2D eigenvalue weighted by molar-refractivity contribution is 0.0938. The minimum atomic E-state index is -0.114. The van der Waals surface area contributed by atoms with Crippen LogP contribution in [0.3, 0.4) is 0 Å². The van der Waals surface area contributed by atoms with E-state index in [9.17, 15) is 4.79 Å². The fraction of sp³-hybridized carbons (Fsp3) is 0.350. The van der Waals surface area contributed by atoms with Crippen molar-refractivity contribution in [1.82, 2.24) is 20.4 Å². The number of nitrogens with one attached hydrogen (secondary N) is 1. The van der Waals surface area contributed by atoms with Crippen molar-refractivity contribution < 1.29 is 9.32 Å². The third-order valence-electron chi connectivity index (χ3n) is 4.56. The third kappa shape index (κ3) is 4.81. The maximum absolute atomic E-state index is 12.8. The minimum Gasteiger partial charge on any atom is -0.361 e. The van der Waals surface area contributed by atoms with Crippen LogP contribution in [0, 0.1) is 13.8 Å². The molecular weight excluding hydrogens is 392 g/mol. The Kier molecular flexibility index (Phi) is 6.88. The van der Waals surface area contributed by atoms with Gasteiger partial charge in [-0.15, -0.1) is 11.8 Å². The van der Waals surface area contributed by atoms with Crippen LogP contribution < -0.4 is 5.32 Å². The van der Waals surface area contributed by atoms with Gasteiger partial charge in [0.05, 0.1) is 17.3 Å². The van der Waals surface area contributed by atoms with Crippen LogP contribution in [0.15, 0.2) is 44.7 Å². The van der Waals surface area contributed by atoms with Gasteiger partial charge in [0.1, 0.15) is 10.8 Å². The van der Waals surface area contributed by atoms with Gasteiger partial charge < -0.3 is 14.7 Å². The van der Waals surface area contributed by atoms with E-state index in [0.29, 0.717) is 22.9 Å². The number of pyridine rings is 1. The van der Waals surface area contributed by atoms with Crippen molar-refractivity contribution in [3.8, 4) is 0 Å². The Morgan fingerprint density at radius 3 is 2.82 bits per heavy atom. The van der Waals surface area contributed by atoms with Gasteiger partial charge in [-0.05, 0) is 62.5 Å². The Balaban J connectivity index is 1.68. The van der Waals surface area contributed by atoms with Gasteiger partial charge in [-0.25, -0.2) is 4.98 Å². The second-order valence-corrected chi connectivity index (χ2v) is 8.44. The van der Waals surface area contributed by atoms with Crippen LogP contribution in [-0.4, -0.2) is 41.6 Å². The molecule has 0 bridgehead atoms. The van der Waals surface area contributed by atoms with Crippen molar-refractivity contribution in [2.75, 3.05) is 20.6 Å². The monoisotopic (exact) mass is 416 g/mol. The summed E-state index contributed by atoms with van der Waals surface area (Å²) in [5.41, 5.74) is 3.71. The highest BCUT2D eigenvalue weighted by Gasteiger charge is 2.19. The Bertz CT molecular complexity index is 903. The molecule has 0 aliphatic rings. The fourth-order valence-electron chi connectivity index (χ4n) is 2.87. The van der Waals surface area contributed by atoms with E-state index >= 15 is 0 Å². The molecule has 3 rings (SSSR count). The molecule has 3 heterocycles. The molecule has 0 aliphatic heterocycles. The summed E-state index contributed by atoms with van der Waals surface area (Å²) in [6, 6.07) is 5.83. The molecule has 3 aromatic rings. The highest BCUT2D eigenvalue weighted by atomic mass is 32.2. The largest absolute Gasteiger partial charge is 0.361 e. The predicted octanol–water partition coefficient (Wildman–Crippen LogP) is 4.07. The number of aryl methyl sites for hydroxylation is 2. The molecule has 0 saturated carbocycles. The maximum Gasteiger partial charge on any atom is 0.254 e. The smallest absolute Gasteiger partial charge is 0.254 e. The van der Waals surface area contributed by atoms with Gasteiger partial charge in [-0.3, -0.25) is 4.79 Å². The number of carbonyl (C=O) groups excluding carboxylic acids is 1. The summed E-state index contributed by atoms with van der Waals surface area (Å²) in [4.78, 5) is 19.4. The van der Waals surface area contributed by atoms with Crippen LogP contribution >= 0.6 is 23.1 Å². The second kappa shape index (κ2) is 9.36. The molecule has 1 amide bonds. The number of rotatable bonds is 8. The summed E-state index contributed by atoms with van der Waals surface area (Å²) in [7, 11) is 4.03. The van der Waals surface area contributed by atoms with Gasteiger partial charge in [-0.2, -0.15) is 11.3 Å². The van der Waals surface area contributed by atoms with E-state index in [1.165, 1.54) is 17.3 Å². The van der Waals surface area contributed by atoms with E-state index in [4.69, 9.17) is 4.52 Å². The quantitative estimate of drug-likeness (QED) is 0.558. The molecule has 1 unspecified atom stereocenters. The summed E-state index contributed by atoms with van der Waals surface area (Å²) in [6.45, 7) is 4.35. The van der Waals surface area contributed by atoms with Crippen molar-refractivity contribution in [2.45, 2.75) is 30.7 Å². The molecule has 0 radical (unpaired) electrons. The molecule has 8 heteroatoms. The number of aromatic nitrogens is 2. The predicted molar refractivity (Wildman–Crippen MR) is 113 cm³/mol. The van der Waals surface area contributed by atoms with E-state index in [1.807, 2.05) is 34.0 Å². The summed E-state index contributed by atoms with van der Waals surface area (Å²) < 4.78 is 5.22. The van der Waals surface area contributed by atoms with Crippen LogP contribution in [0.4, 0.5) is 0 Å². The molecule has 0 aliphatic carbocycles. The number of carbonyl (C=O) groups is 1. The molecule has 1 atom stereocenters. The van der Waals surface area contributed by atoms with Crippen LogP contribution in [-0.2, 0) is 5.75 Å². The molecule has 0 saturated heterocycles. The number of thioether (sulfide) groups is 1. The summed E-state index contributed by atoms with van der Waals surface area (Å²) in [5, 5.41) is 11.9. The van der Waals surface area contributed by atoms with Gasteiger partial charge in [0.25, 0.3) is 5.91 Å². The molecule has 148 valence electrons. The lowest BCUT2D eigenvalue weighted by atomic mass is 10.1. The van der Waals surface area contributed by atoms with Crippen molar-refractivity contribution in [2.24, 2.45) is 0 Å². The summed E-state index contributed by atoms with van der Waals surface area (Å²) >= 11 is 3.18. The van der Waals surface area contributed by atoms with Gasteiger partial charge in [0.15, 0.2) is 0 Å². The first-order chi connectivity index (χ1) is 13.5. The minimum absolute atomic E-state index is 0.114. The highest BCUT2D eigenvalue weighted by molar-refractivity contribution is 7.98. The molecule has 3 aromatic heterocycles. The fourth-order valence-corrected chi connectivity index (χ4v) is 4.73. The molecule has 0 spiro atoms. The Hall–Kier alpha value is -2.16. The molecule has 6 nitrogen and oxygen atoms in total. The van der Waals surface area contributed by atoms with Crippen LogP contribution in [0.2, 0.25) is 0 Å². The van der Waals surface area contributed by atoms with Crippen LogP contribution in [0.25, 0.3) is 0 Å². The molecule has 0 aromatic carbocycles. The Labute approximate surface area is 173 Å². The summed E-state index contributed by atoms with van der Waals surface area (Å²) in [6.07, 6.45) is 1.71. The first kappa shape index (κ1) is 20.6. The molecule has 0 fully saturated rings. The van der Waals surface area contributed by atoms with Crippen molar-refractivity contribution in [3.05, 3.63) is 63.3 Å².